The molecule has 4 nitrogen and oxygen atoms in total. The predicted octanol–water partition coefficient (Wildman–Crippen LogP) is 2.94. The van der Waals surface area contributed by atoms with E-state index in [0.29, 0.717) is 11.8 Å². The lowest BCUT2D eigenvalue weighted by molar-refractivity contribution is 0.157. The SMILES string of the molecule is Cc1cccc(NC(=O)N2C[C@@H]3CN4CCCC[C@H]4[C@H]3C2)c1. The smallest absolute Gasteiger partial charge is 0.321 e. The average Bonchev–Trinajstić information content (AvgIpc) is 3.05. The maximum atomic E-state index is 12.5. The van der Waals surface area contributed by atoms with Gasteiger partial charge in [0.05, 0.1) is 0 Å². The molecule has 3 aliphatic heterocycles. The van der Waals surface area contributed by atoms with E-state index in [1.165, 1.54) is 37.9 Å². The fraction of sp³-hybridized carbons (Fsp3) is 0.611. The van der Waals surface area contributed by atoms with Gasteiger partial charge >= 0.3 is 6.03 Å². The third-order valence-corrected chi connectivity index (χ3v) is 5.68. The van der Waals surface area contributed by atoms with Gasteiger partial charge in [-0.2, -0.15) is 0 Å². The molecule has 4 heteroatoms. The zero-order valence-electron chi connectivity index (χ0n) is 13.3. The molecule has 3 atom stereocenters. The normalized spacial score (nSPS) is 31.0. The number of piperidine rings is 1. The molecule has 0 spiro atoms. The van der Waals surface area contributed by atoms with Gasteiger partial charge < -0.3 is 10.2 Å². The van der Waals surface area contributed by atoms with E-state index in [9.17, 15) is 4.79 Å². The number of carbonyl (C=O) groups excluding carboxylic acids is 1. The number of urea groups is 1. The van der Waals surface area contributed by atoms with Crippen molar-refractivity contribution < 1.29 is 4.79 Å². The van der Waals surface area contributed by atoms with Crippen LogP contribution in [0.1, 0.15) is 24.8 Å². The third-order valence-electron chi connectivity index (χ3n) is 5.68. The molecule has 2 amide bonds. The van der Waals surface area contributed by atoms with Crippen LogP contribution in [0, 0.1) is 18.8 Å². The Morgan fingerprint density at radius 1 is 1.23 bits per heavy atom. The Morgan fingerprint density at radius 2 is 2.14 bits per heavy atom. The van der Waals surface area contributed by atoms with Crippen molar-refractivity contribution in [2.24, 2.45) is 11.8 Å². The highest BCUT2D eigenvalue weighted by Crippen LogP contribution is 2.40. The van der Waals surface area contributed by atoms with Gasteiger partial charge in [-0.25, -0.2) is 4.79 Å². The maximum absolute atomic E-state index is 12.5. The second-order valence-corrected chi connectivity index (χ2v) is 7.19. The summed E-state index contributed by atoms with van der Waals surface area (Å²) in [6.45, 7) is 6.38. The number of amides is 2. The molecule has 3 fully saturated rings. The van der Waals surface area contributed by atoms with Crippen molar-refractivity contribution in [3.63, 3.8) is 0 Å². The average molecular weight is 299 g/mol. The Balaban J connectivity index is 1.40. The fourth-order valence-corrected chi connectivity index (χ4v) is 4.65. The Hall–Kier alpha value is -1.55. The van der Waals surface area contributed by atoms with Crippen molar-refractivity contribution in [2.45, 2.75) is 32.2 Å². The lowest BCUT2D eigenvalue weighted by Crippen LogP contribution is -2.41. The monoisotopic (exact) mass is 299 g/mol. The number of nitrogens with zero attached hydrogens (tertiary/aromatic N) is 2. The molecule has 3 saturated heterocycles. The Morgan fingerprint density at radius 3 is 3.00 bits per heavy atom. The highest BCUT2D eigenvalue weighted by atomic mass is 16.2. The van der Waals surface area contributed by atoms with Crippen molar-refractivity contribution in [3.8, 4) is 0 Å². The van der Waals surface area contributed by atoms with Crippen LogP contribution in [0.4, 0.5) is 10.5 Å². The van der Waals surface area contributed by atoms with Crippen molar-refractivity contribution in [2.75, 3.05) is 31.5 Å². The van der Waals surface area contributed by atoms with Crippen LogP contribution in [0.2, 0.25) is 0 Å². The molecule has 1 aromatic carbocycles. The number of nitrogens with one attached hydrogen (secondary N) is 1. The quantitative estimate of drug-likeness (QED) is 0.865. The highest BCUT2D eigenvalue weighted by molar-refractivity contribution is 5.89. The molecule has 1 N–H and O–H groups in total. The van der Waals surface area contributed by atoms with Crippen LogP contribution >= 0.6 is 0 Å². The van der Waals surface area contributed by atoms with Crippen LogP contribution in [0.15, 0.2) is 24.3 Å². The molecule has 0 saturated carbocycles. The van der Waals surface area contributed by atoms with Crippen LogP contribution in [0.3, 0.4) is 0 Å². The van der Waals surface area contributed by atoms with E-state index in [2.05, 4.69) is 10.2 Å². The molecule has 22 heavy (non-hydrogen) atoms. The number of rotatable bonds is 1. The molecule has 0 aliphatic carbocycles. The molecule has 3 heterocycles. The summed E-state index contributed by atoms with van der Waals surface area (Å²) in [4.78, 5) is 17.2. The van der Waals surface area contributed by atoms with Crippen molar-refractivity contribution >= 4 is 11.7 Å². The summed E-state index contributed by atoms with van der Waals surface area (Å²) in [5.74, 6) is 1.38. The zero-order valence-corrected chi connectivity index (χ0v) is 13.3. The van der Waals surface area contributed by atoms with E-state index in [1.54, 1.807) is 0 Å². The van der Waals surface area contributed by atoms with Gasteiger partial charge in [0.2, 0.25) is 0 Å². The molecule has 0 aromatic heterocycles. The van der Waals surface area contributed by atoms with Crippen molar-refractivity contribution in [1.29, 1.82) is 0 Å². The van der Waals surface area contributed by atoms with E-state index >= 15 is 0 Å². The molecule has 0 radical (unpaired) electrons. The second kappa shape index (κ2) is 5.58. The molecular weight excluding hydrogens is 274 g/mol. The summed E-state index contributed by atoms with van der Waals surface area (Å²) in [7, 11) is 0. The van der Waals surface area contributed by atoms with Gasteiger partial charge in [-0.05, 0) is 55.8 Å². The van der Waals surface area contributed by atoms with E-state index in [0.717, 1.165) is 24.8 Å². The molecule has 1 aromatic rings. The number of aryl methyl sites for hydroxylation is 1. The van der Waals surface area contributed by atoms with Crippen molar-refractivity contribution in [3.05, 3.63) is 29.8 Å². The summed E-state index contributed by atoms with van der Waals surface area (Å²) >= 11 is 0. The van der Waals surface area contributed by atoms with Crippen LogP contribution < -0.4 is 5.32 Å². The standard InChI is InChI=1S/C18H25N3O/c1-13-5-4-6-15(9-13)19-18(22)21-11-14-10-20-8-3-2-7-17(20)16(14)12-21/h4-6,9,14,16-17H,2-3,7-8,10-12H2,1H3,(H,19,22)/t14-,16-,17-/m0/s1. The van der Waals surface area contributed by atoms with Crippen molar-refractivity contribution in [1.82, 2.24) is 9.80 Å². The first kappa shape index (κ1) is 14.1. The third kappa shape index (κ3) is 2.50. The van der Waals surface area contributed by atoms with Gasteiger partial charge in [0.1, 0.15) is 0 Å². The van der Waals surface area contributed by atoms with Gasteiger partial charge in [0.25, 0.3) is 0 Å². The lowest BCUT2D eigenvalue weighted by atomic mass is 9.90. The van der Waals surface area contributed by atoms with E-state index in [4.69, 9.17) is 0 Å². The summed E-state index contributed by atoms with van der Waals surface area (Å²) < 4.78 is 0. The summed E-state index contributed by atoms with van der Waals surface area (Å²) in [5.41, 5.74) is 2.08. The number of hydrogen-bond acceptors (Lipinski definition) is 2. The van der Waals surface area contributed by atoms with Crippen LogP contribution in [0.5, 0.6) is 0 Å². The van der Waals surface area contributed by atoms with Gasteiger partial charge in [0.15, 0.2) is 0 Å². The fourth-order valence-electron chi connectivity index (χ4n) is 4.65. The minimum absolute atomic E-state index is 0.0716. The molecule has 4 rings (SSSR count). The first-order valence-electron chi connectivity index (χ1n) is 8.57. The molecule has 118 valence electrons. The molecule has 3 aliphatic rings. The Bertz CT molecular complexity index is 573. The second-order valence-electron chi connectivity index (χ2n) is 7.19. The number of likely N-dealkylation sites (tertiary alicyclic amines) is 1. The molecule has 0 unspecified atom stereocenters. The molecular formula is C18H25N3O. The van der Waals surface area contributed by atoms with Gasteiger partial charge in [-0.3, -0.25) is 4.90 Å². The Labute approximate surface area is 132 Å². The number of benzene rings is 1. The number of carbonyl (C=O) groups is 1. The predicted molar refractivity (Wildman–Crippen MR) is 88.0 cm³/mol. The minimum Gasteiger partial charge on any atom is -0.324 e. The number of fused-ring (bicyclic) bond motifs is 3. The lowest BCUT2D eigenvalue weighted by Gasteiger charge is -2.33. The van der Waals surface area contributed by atoms with E-state index < -0.39 is 0 Å². The zero-order chi connectivity index (χ0) is 15.1. The van der Waals surface area contributed by atoms with Crippen LogP contribution in [-0.2, 0) is 0 Å². The van der Waals surface area contributed by atoms with Crippen LogP contribution in [0.25, 0.3) is 0 Å². The summed E-state index contributed by atoms with van der Waals surface area (Å²) in [6.07, 6.45) is 4.04. The topological polar surface area (TPSA) is 35.6 Å². The number of anilines is 1. The number of hydrogen-bond donors (Lipinski definition) is 1. The van der Waals surface area contributed by atoms with Gasteiger partial charge in [-0.1, -0.05) is 18.6 Å². The Kier molecular flexibility index (Phi) is 3.57. The van der Waals surface area contributed by atoms with E-state index in [-0.39, 0.29) is 6.03 Å². The maximum Gasteiger partial charge on any atom is 0.321 e. The summed E-state index contributed by atoms with van der Waals surface area (Å²) in [5, 5.41) is 3.06. The highest BCUT2D eigenvalue weighted by Gasteiger charge is 2.48. The largest absolute Gasteiger partial charge is 0.324 e. The van der Waals surface area contributed by atoms with Crippen LogP contribution in [-0.4, -0.2) is 48.1 Å². The van der Waals surface area contributed by atoms with E-state index in [1.807, 2.05) is 36.1 Å². The minimum atomic E-state index is 0.0716. The first-order chi connectivity index (χ1) is 10.7. The van der Waals surface area contributed by atoms with Gasteiger partial charge in [0, 0.05) is 31.4 Å². The first-order valence-corrected chi connectivity index (χ1v) is 8.57. The summed E-state index contributed by atoms with van der Waals surface area (Å²) in [6, 6.07) is 8.83. The van der Waals surface area contributed by atoms with Gasteiger partial charge in [-0.15, -0.1) is 0 Å². The molecule has 0 bridgehead atoms.